The average molecular weight is 345 g/mol. The summed E-state index contributed by atoms with van der Waals surface area (Å²) in [5.74, 6) is -1.62. The van der Waals surface area contributed by atoms with Crippen molar-refractivity contribution >= 4 is 23.6 Å². The number of nitrogens with one attached hydrogen (secondary N) is 1. The molecule has 0 aliphatic heterocycles. The molecule has 1 unspecified atom stereocenters. The minimum atomic E-state index is -0.911. The van der Waals surface area contributed by atoms with Gasteiger partial charge >= 0.3 is 11.9 Å². The van der Waals surface area contributed by atoms with Gasteiger partial charge in [-0.3, -0.25) is 14.4 Å². The van der Waals surface area contributed by atoms with Gasteiger partial charge in [0.1, 0.15) is 13.2 Å². The normalized spacial score (nSPS) is 11.5. The lowest BCUT2D eigenvalue weighted by molar-refractivity contribution is -0.160. The molecule has 0 aliphatic rings. The molecule has 0 saturated carbocycles. The Morgan fingerprint density at radius 3 is 1.88 bits per heavy atom. The molecule has 7 nitrogen and oxygen atoms in total. The van der Waals surface area contributed by atoms with Gasteiger partial charge in [0.05, 0.1) is 5.41 Å². The van der Waals surface area contributed by atoms with E-state index in [1.807, 2.05) is 20.8 Å². The Bertz CT molecular complexity index is 431. The van der Waals surface area contributed by atoms with E-state index < -0.39 is 17.2 Å². The van der Waals surface area contributed by atoms with Gasteiger partial charge in [-0.15, -0.1) is 0 Å². The number of ether oxygens (including phenoxy) is 2. The number of Topliss-reactive ketones (excluding diaryl/α,β-unsaturated/α-hetero) is 1. The summed E-state index contributed by atoms with van der Waals surface area (Å²) in [6.07, 6.45) is 1.58. The predicted molar refractivity (Wildman–Crippen MR) is 90.2 cm³/mol. The first-order chi connectivity index (χ1) is 11.0. The third-order valence-corrected chi connectivity index (χ3v) is 3.58. The molecule has 0 fully saturated rings. The van der Waals surface area contributed by atoms with Gasteiger partial charge < -0.3 is 14.8 Å². The van der Waals surface area contributed by atoms with Crippen LogP contribution in [0.2, 0.25) is 0 Å². The van der Waals surface area contributed by atoms with Crippen LogP contribution in [0.3, 0.4) is 0 Å². The summed E-state index contributed by atoms with van der Waals surface area (Å²) in [7, 11) is 1.66. The summed E-state index contributed by atoms with van der Waals surface area (Å²) in [5.41, 5.74) is -0.537. The average Bonchev–Trinajstić information content (AvgIpc) is 2.56. The number of amides is 1. The molecule has 1 N–H and O–H groups in total. The highest BCUT2D eigenvalue weighted by atomic mass is 16.6. The lowest BCUT2D eigenvalue weighted by Crippen LogP contribution is -2.27. The Hall–Kier alpha value is -1.92. The van der Waals surface area contributed by atoms with Crippen molar-refractivity contribution in [3.8, 4) is 0 Å². The number of ketones is 1. The highest BCUT2D eigenvalue weighted by Gasteiger charge is 2.26. The summed E-state index contributed by atoms with van der Waals surface area (Å²) >= 11 is 0. The molecule has 0 spiro atoms. The predicted octanol–water partition coefficient (Wildman–Crippen LogP) is 1.88. The second-order valence-electron chi connectivity index (χ2n) is 5.99. The van der Waals surface area contributed by atoms with Gasteiger partial charge in [0.25, 0.3) is 0 Å². The fourth-order valence-corrected chi connectivity index (χ4v) is 1.14. The highest BCUT2D eigenvalue weighted by Crippen LogP contribution is 2.21. The van der Waals surface area contributed by atoms with E-state index in [2.05, 4.69) is 10.1 Å². The van der Waals surface area contributed by atoms with E-state index in [0.717, 1.165) is 13.3 Å². The molecule has 0 heterocycles. The molecular formula is C17H31NO6. The van der Waals surface area contributed by atoms with Crippen molar-refractivity contribution in [3.63, 3.8) is 0 Å². The van der Waals surface area contributed by atoms with Crippen molar-refractivity contribution < 1.29 is 28.7 Å². The van der Waals surface area contributed by atoms with Crippen LogP contribution >= 0.6 is 0 Å². The number of hydrogen-bond acceptors (Lipinski definition) is 6. The maximum Gasteiger partial charge on any atom is 0.374 e. The molecule has 1 atom stereocenters. The van der Waals surface area contributed by atoms with Gasteiger partial charge in [0.2, 0.25) is 11.7 Å². The Kier molecular flexibility index (Phi) is 12.7. The zero-order chi connectivity index (χ0) is 19.3. The van der Waals surface area contributed by atoms with Gasteiger partial charge in [-0.2, -0.15) is 0 Å². The molecule has 0 aromatic rings. The minimum Gasteiger partial charge on any atom is -0.462 e. The number of rotatable bonds is 8. The first kappa shape index (κ1) is 24.3. The molecule has 7 heteroatoms. The van der Waals surface area contributed by atoms with E-state index >= 15 is 0 Å². The van der Waals surface area contributed by atoms with Crippen LogP contribution in [0, 0.1) is 11.3 Å². The second-order valence-corrected chi connectivity index (χ2v) is 5.99. The molecule has 140 valence electrons. The standard InChI is InChI=1S/C11H18O5.C6H13NO/c1-5-11(3,4)10(14)16-7-6-15-9(13)8(2)12;1-4-5(2)6(8)7-3/h5-7H2,1-4H3;5H,4H2,1-3H3,(H,7,8). The Morgan fingerprint density at radius 2 is 1.54 bits per heavy atom. The third-order valence-electron chi connectivity index (χ3n) is 3.58. The molecule has 24 heavy (non-hydrogen) atoms. The van der Waals surface area contributed by atoms with Gasteiger partial charge in [-0.05, 0) is 26.7 Å². The van der Waals surface area contributed by atoms with Gasteiger partial charge in [-0.25, -0.2) is 4.79 Å². The van der Waals surface area contributed by atoms with E-state index in [9.17, 15) is 19.2 Å². The van der Waals surface area contributed by atoms with E-state index in [4.69, 9.17) is 4.74 Å². The van der Waals surface area contributed by atoms with Crippen molar-refractivity contribution in [2.75, 3.05) is 20.3 Å². The lowest BCUT2D eigenvalue weighted by atomic mass is 9.91. The van der Waals surface area contributed by atoms with Crippen molar-refractivity contribution in [1.82, 2.24) is 5.32 Å². The summed E-state index contributed by atoms with van der Waals surface area (Å²) in [6.45, 7) is 10.4. The van der Waals surface area contributed by atoms with Crippen molar-refractivity contribution in [1.29, 1.82) is 0 Å². The summed E-state index contributed by atoms with van der Waals surface area (Å²) in [6, 6.07) is 0. The van der Waals surface area contributed by atoms with E-state index in [1.165, 1.54) is 0 Å². The number of carbonyl (C=O) groups is 4. The Labute approximate surface area is 144 Å². The largest absolute Gasteiger partial charge is 0.462 e. The zero-order valence-corrected chi connectivity index (χ0v) is 15.9. The summed E-state index contributed by atoms with van der Waals surface area (Å²) in [4.78, 5) is 43.3. The molecule has 0 bridgehead atoms. The first-order valence-electron chi connectivity index (χ1n) is 8.09. The van der Waals surface area contributed by atoms with Crippen LogP contribution < -0.4 is 5.32 Å². The third kappa shape index (κ3) is 10.7. The van der Waals surface area contributed by atoms with E-state index in [-0.39, 0.29) is 31.0 Å². The van der Waals surface area contributed by atoms with Crippen LogP contribution in [0.5, 0.6) is 0 Å². The number of hydrogen-bond donors (Lipinski definition) is 1. The number of esters is 2. The smallest absolute Gasteiger partial charge is 0.374 e. The summed E-state index contributed by atoms with van der Waals surface area (Å²) < 4.78 is 9.43. The summed E-state index contributed by atoms with van der Waals surface area (Å²) in [5, 5.41) is 2.58. The van der Waals surface area contributed by atoms with Gasteiger partial charge in [0.15, 0.2) is 0 Å². The van der Waals surface area contributed by atoms with E-state index in [0.29, 0.717) is 6.42 Å². The highest BCUT2D eigenvalue weighted by molar-refractivity contribution is 6.32. The van der Waals surface area contributed by atoms with Crippen LogP contribution in [-0.4, -0.2) is 43.9 Å². The SMILES string of the molecule is CCC(C)(C)C(=O)OCCOC(=O)C(C)=O.CCC(C)C(=O)NC. The molecular weight excluding hydrogens is 314 g/mol. The maximum atomic E-state index is 11.4. The monoisotopic (exact) mass is 345 g/mol. The molecule has 0 rings (SSSR count). The molecule has 0 radical (unpaired) electrons. The minimum absolute atomic E-state index is 0.0265. The Morgan fingerprint density at radius 1 is 1.04 bits per heavy atom. The quantitative estimate of drug-likeness (QED) is 0.410. The zero-order valence-electron chi connectivity index (χ0n) is 15.9. The lowest BCUT2D eigenvalue weighted by Gasteiger charge is -2.20. The topological polar surface area (TPSA) is 98.8 Å². The van der Waals surface area contributed by atoms with Crippen molar-refractivity contribution in [3.05, 3.63) is 0 Å². The molecule has 0 aromatic heterocycles. The van der Waals surface area contributed by atoms with E-state index in [1.54, 1.807) is 20.9 Å². The fraction of sp³-hybridized carbons (Fsp3) is 0.765. The second kappa shape index (κ2) is 12.5. The van der Waals surface area contributed by atoms with Crippen LogP contribution in [0.1, 0.15) is 54.4 Å². The first-order valence-corrected chi connectivity index (χ1v) is 8.09. The molecule has 0 aliphatic carbocycles. The fourth-order valence-electron chi connectivity index (χ4n) is 1.14. The van der Waals surface area contributed by atoms with Crippen molar-refractivity contribution in [2.45, 2.75) is 54.4 Å². The van der Waals surface area contributed by atoms with Gasteiger partial charge in [0, 0.05) is 19.9 Å². The van der Waals surface area contributed by atoms with Crippen LogP contribution in [0.25, 0.3) is 0 Å². The van der Waals surface area contributed by atoms with Gasteiger partial charge in [-0.1, -0.05) is 20.8 Å². The Balaban J connectivity index is 0. The van der Waals surface area contributed by atoms with Crippen molar-refractivity contribution in [2.24, 2.45) is 11.3 Å². The maximum absolute atomic E-state index is 11.4. The van der Waals surface area contributed by atoms with Crippen LogP contribution in [0.4, 0.5) is 0 Å². The molecule has 0 saturated heterocycles. The molecule has 0 aromatic carbocycles. The molecule has 1 amide bonds. The van der Waals surface area contributed by atoms with Crippen LogP contribution in [-0.2, 0) is 28.7 Å². The van der Waals surface area contributed by atoms with Crippen LogP contribution in [0.15, 0.2) is 0 Å². The number of carbonyl (C=O) groups excluding carboxylic acids is 4.